The summed E-state index contributed by atoms with van der Waals surface area (Å²) in [4.78, 5) is 0. The molecule has 1 aliphatic carbocycles. The van der Waals surface area contributed by atoms with E-state index in [2.05, 4.69) is 18.3 Å². The van der Waals surface area contributed by atoms with Crippen molar-refractivity contribution in [3.8, 4) is 11.5 Å². The number of rotatable bonds is 5. The van der Waals surface area contributed by atoms with Crippen LogP contribution < -0.4 is 14.8 Å². The van der Waals surface area contributed by atoms with Crippen LogP contribution in [-0.4, -0.2) is 26.8 Å². The second-order valence-corrected chi connectivity index (χ2v) is 5.23. The third-order valence-electron chi connectivity index (χ3n) is 4.05. The number of benzene rings is 1. The van der Waals surface area contributed by atoms with Gasteiger partial charge in [-0.2, -0.15) is 0 Å². The van der Waals surface area contributed by atoms with E-state index < -0.39 is 0 Å². The Morgan fingerprint density at radius 1 is 1.21 bits per heavy atom. The second-order valence-electron chi connectivity index (χ2n) is 5.23. The first-order valence-corrected chi connectivity index (χ1v) is 7.23. The molecule has 0 heterocycles. The predicted molar refractivity (Wildman–Crippen MR) is 78.2 cm³/mol. The Morgan fingerprint density at radius 3 is 2.74 bits per heavy atom. The van der Waals surface area contributed by atoms with E-state index in [1.807, 2.05) is 12.1 Å². The summed E-state index contributed by atoms with van der Waals surface area (Å²) in [6.07, 6.45) is 5.04. The second kappa shape index (κ2) is 6.80. The minimum absolute atomic E-state index is 0.596. The van der Waals surface area contributed by atoms with Crippen LogP contribution in [0.3, 0.4) is 0 Å². The van der Waals surface area contributed by atoms with Gasteiger partial charge in [-0.25, -0.2) is 0 Å². The summed E-state index contributed by atoms with van der Waals surface area (Å²) in [7, 11) is 3.43. The highest BCUT2D eigenvalue weighted by molar-refractivity contribution is 5.43. The zero-order valence-electron chi connectivity index (χ0n) is 12.2. The van der Waals surface area contributed by atoms with E-state index in [1.165, 1.54) is 31.2 Å². The van der Waals surface area contributed by atoms with Gasteiger partial charge in [-0.1, -0.05) is 19.4 Å². The molecule has 0 spiro atoms. The van der Waals surface area contributed by atoms with Crippen LogP contribution in [0.25, 0.3) is 0 Å². The van der Waals surface area contributed by atoms with Crippen molar-refractivity contribution in [2.75, 3.05) is 20.8 Å². The third-order valence-corrected chi connectivity index (χ3v) is 4.05. The van der Waals surface area contributed by atoms with Gasteiger partial charge in [0, 0.05) is 12.1 Å². The zero-order chi connectivity index (χ0) is 13.7. The summed E-state index contributed by atoms with van der Waals surface area (Å²) in [5.41, 5.74) is 1.32. The van der Waals surface area contributed by atoms with Crippen molar-refractivity contribution in [2.45, 2.75) is 44.6 Å². The molecule has 2 rings (SSSR count). The number of hydrogen-bond acceptors (Lipinski definition) is 3. The molecule has 1 saturated carbocycles. The van der Waals surface area contributed by atoms with Crippen LogP contribution in [0.1, 0.15) is 44.1 Å². The topological polar surface area (TPSA) is 30.5 Å². The molecule has 2 unspecified atom stereocenters. The summed E-state index contributed by atoms with van der Waals surface area (Å²) in [5.74, 6) is 2.42. The Hall–Kier alpha value is -1.22. The molecule has 3 nitrogen and oxygen atoms in total. The highest BCUT2D eigenvalue weighted by Gasteiger charge is 2.24. The number of hydrogen-bond donors (Lipinski definition) is 1. The Labute approximate surface area is 116 Å². The molecule has 19 heavy (non-hydrogen) atoms. The SMILES string of the molecule is CCNC1CCCC(c2ccc(OC)cc2OC)C1. The first kappa shape index (κ1) is 14.2. The van der Waals surface area contributed by atoms with Gasteiger partial charge in [-0.3, -0.25) is 0 Å². The molecule has 1 aromatic carbocycles. The van der Waals surface area contributed by atoms with Crippen LogP contribution in [0.5, 0.6) is 11.5 Å². The summed E-state index contributed by atoms with van der Waals surface area (Å²) in [6.45, 7) is 3.23. The lowest BCUT2D eigenvalue weighted by molar-refractivity contribution is 0.332. The van der Waals surface area contributed by atoms with E-state index in [9.17, 15) is 0 Å². The van der Waals surface area contributed by atoms with Crippen LogP contribution in [0.15, 0.2) is 18.2 Å². The molecule has 1 N–H and O–H groups in total. The van der Waals surface area contributed by atoms with Crippen molar-refractivity contribution in [1.82, 2.24) is 5.32 Å². The molecule has 0 aliphatic heterocycles. The highest BCUT2D eigenvalue weighted by atomic mass is 16.5. The van der Waals surface area contributed by atoms with Gasteiger partial charge in [-0.15, -0.1) is 0 Å². The quantitative estimate of drug-likeness (QED) is 0.884. The Bertz CT molecular complexity index is 404. The van der Waals surface area contributed by atoms with Crippen LogP contribution >= 0.6 is 0 Å². The highest BCUT2D eigenvalue weighted by Crippen LogP contribution is 2.39. The summed E-state index contributed by atoms with van der Waals surface area (Å²) < 4.78 is 10.8. The third kappa shape index (κ3) is 3.41. The molecule has 0 radical (unpaired) electrons. The monoisotopic (exact) mass is 263 g/mol. The van der Waals surface area contributed by atoms with Crippen LogP contribution in [-0.2, 0) is 0 Å². The van der Waals surface area contributed by atoms with Crippen molar-refractivity contribution in [3.05, 3.63) is 23.8 Å². The predicted octanol–water partition coefficient (Wildman–Crippen LogP) is 3.34. The van der Waals surface area contributed by atoms with Gasteiger partial charge >= 0.3 is 0 Å². The zero-order valence-corrected chi connectivity index (χ0v) is 12.2. The summed E-state index contributed by atoms with van der Waals surface area (Å²) in [6, 6.07) is 6.84. The van der Waals surface area contributed by atoms with Crippen LogP contribution in [0.2, 0.25) is 0 Å². The molecule has 1 fully saturated rings. The first-order valence-electron chi connectivity index (χ1n) is 7.23. The lowest BCUT2D eigenvalue weighted by Crippen LogP contribution is -2.33. The minimum atomic E-state index is 0.596. The van der Waals surface area contributed by atoms with Crippen molar-refractivity contribution in [2.24, 2.45) is 0 Å². The van der Waals surface area contributed by atoms with Crippen LogP contribution in [0, 0.1) is 0 Å². The van der Waals surface area contributed by atoms with Gasteiger partial charge in [-0.05, 0) is 43.4 Å². The smallest absolute Gasteiger partial charge is 0.126 e. The maximum Gasteiger partial charge on any atom is 0.126 e. The minimum Gasteiger partial charge on any atom is -0.497 e. The molecule has 0 bridgehead atoms. The maximum atomic E-state index is 5.54. The van der Waals surface area contributed by atoms with Gasteiger partial charge in [0.25, 0.3) is 0 Å². The van der Waals surface area contributed by atoms with Gasteiger partial charge in [0.2, 0.25) is 0 Å². The molecule has 106 valence electrons. The molecule has 3 heteroatoms. The fourth-order valence-electron chi connectivity index (χ4n) is 3.10. The fraction of sp³-hybridized carbons (Fsp3) is 0.625. The first-order chi connectivity index (χ1) is 9.28. The normalized spacial score (nSPS) is 23.1. The molecule has 0 amide bonds. The van der Waals surface area contributed by atoms with E-state index >= 15 is 0 Å². The Balaban J connectivity index is 2.16. The fourth-order valence-corrected chi connectivity index (χ4v) is 3.10. The average Bonchev–Trinajstić information content (AvgIpc) is 2.47. The summed E-state index contributed by atoms with van der Waals surface area (Å²) in [5, 5.41) is 3.58. The summed E-state index contributed by atoms with van der Waals surface area (Å²) >= 11 is 0. The van der Waals surface area contributed by atoms with Crippen molar-refractivity contribution in [3.63, 3.8) is 0 Å². The molecule has 2 atom stereocenters. The largest absolute Gasteiger partial charge is 0.497 e. The van der Waals surface area contributed by atoms with Gasteiger partial charge in [0.1, 0.15) is 11.5 Å². The standard InChI is InChI=1S/C16H25NO2/c1-4-17-13-7-5-6-12(10-13)15-9-8-14(18-2)11-16(15)19-3/h8-9,11-13,17H,4-7,10H2,1-3H3. The number of methoxy groups -OCH3 is 2. The lowest BCUT2D eigenvalue weighted by Gasteiger charge is -2.30. The van der Waals surface area contributed by atoms with Gasteiger partial charge in [0.15, 0.2) is 0 Å². The molecule has 1 aliphatic rings. The number of ether oxygens (including phenoxy) is 2. The molecule has 0 saturated heterocycles. The maximum absolute atomic E-state index is 5.54. The molecule has 1 aromatic rings. The average molecular weight is 263 g/mol. The molecule has 0 aromatic heterocycles. The Morgan fingerprint density at radius 2 is 2.05 bits per heavy atom. The van der Waals surface area contributed by atoms with E-state index in [1.54, 1.807) is 14.2 Å². The van der Waals surface area contributed by atoms with Crippen LogP contribution in [0.4, 0.5) is 0 Å². The van der Waals surface area contributed by atoms with Crippen molar-refractivity contribution >= 4 is 0 Å². The Kier molecular flexibility index (Phi) is 5.08. The van der Waals surface area contributed by atoms with Crippen molar-refractivity contribution < 1.29 is 9.47 Å². The van der Waals surface area contributed by atoms with Gasteiger partial charge in [0.05, 0.1) is 14.2 Å². The van der Waals surface area contributed by atoms with Gasteiger partial charge < -0.3 is 14.8 Å². The lowest BCUT2D eigenvalue weighted by atomic mass is 9.81. The van der Waals surface area contributed by atoms with E-state index in [0.29, 0.717) is 12.0 Å². The molecular formula is C16H25NO2. The van der Waals surface area contributed by atoms with Crippen molar-refractivity contribution in [1.29, 1.82) is 0 Å². The number of nitrogens with one attached hydrogen (secondary N) is 1. The van der Waals surface area contributed by atoms with E-state index in [-0.39, 0.29) is 0 Å². The van der Waals surface area contributed by atoms with E-state index in [4.69, 9.17) is 9.47 Å². The van der Waals surface area contributed by atoms with E-state index in [0.717, 1.165) is 18.0 Å². The molecular weight excluding hydrogens is 238 g/mol.